The zero-order valence-electron chi connectivity index (χ0n) is 38.8. The first-order valence-electron chi connectivity index (χ1n) is 22.5. The lowest BCUT2D eigenvalue weighted by atomic mass is 9.84. The Bertz CT molecular complexity index is 2540. The summed E-state index contributed by atoms with van der Waals surface area (Å²) in [5.41, 5.74) is 4.47. The SMILES string of the molecule is C=CC(=O)N1CC[C@H](C(=O)N(C)C(C(=O)N[C@H]2Cc3nnc(o3)-c3ccc4c(c3)c(c(-c3cccnc3[C@H](C)OC)n4CC(F)(F)F)CC(C)(C)COC(=O)[C@@H]3CCCN(N3)C2=O)C(C)C)C1. The molecule has 0 spiro atoms. The van der Waals surface area contributed by atoms with Gasteiger partial charge in [0.15, 0.2) is 0 Å². The number of halogens is 3. The number of esters is 1. The van der Waals surface area contributed by atoms with E-state index in [4.69, 9.17) is 13.9 Å². The summed E-state index contributed by atoms with van der Waals surface area (Å²) in [6.45, 7) is 11.8. The molecule has 0 aliphatic carbocycles. The molecular weight excluding hydrogens is 876 g/mol. The number of carbonyl (C=O) groups excluding carboxylic acids is 5. The zero-order chi connectivity index (χ0) is 48.5. The summed E-state index contributed by atoms with van der Waals surface area (Å²) in [5, 5.41) is 13.1. The Balaban J connectivity index is 1.30. The molecule has 5 atom stereocenters. The molecule has 360 valence electrons. The Hall–Kier alpha value is -6.15. The molecule has 1 aromatic carbocycles. The van der Waals surface area contributed by atoms with Crippen LogP contribution in [0.25, 0.3) is 33.6 Å². The lowest BCUT2D eigenvalue weighted by Crippen LogP contribution is -2.62. The summed E-state index contributed by atoms with van der Waals surface area (Å²) >= 11 is 0. The predicted octanol–water partition coefficient (Wildman–Crippen LogP) is 5.19. The van der Waals surface area contributed by atoms with Gasteiger partial charge in [0, 0.05) is 67.4 Å². The van der Waals surface area contributed by atoms with Gasteiger partial charge in [0.1, 0.15) is 24.7 Å². The van der Waals surface area contributed by atoms with Crippen molar-refractivity contribution < 1.29 is 51.0 Å². The molecule has 2 N–H and O–H groups in total. The van der Waals surface area contributed by atoms with Gasteiger partial charge in [-0.25, -0.2) is 5.43 Å². The number of nitrogens with one attached hydrogen (secondary N) is 2. The molecular formula is C47H58F3N9O8. The van der Waals surface area contributed by atoms with Crippen LogP contribution in [0.3, 0.4) is 0 Å². The Morgan fingerprint density at radius 1 is 1.12 bits per heavy atom. The van der Waals surface area contributed by atoms with Crippen LogP contribution in [0.5, 0.6) is 0 Å². The van der Waals surface area contributed by atoms with Crippen LogP contribution in [0, 0.1) is 17.3 Å². The van der Waals surface area contributed by atoms with Crippen LogP contribution >= 0.6 is 0 Å². The zero-order valence-corrected chi connectivity index (χ0v) is 38.8. The van der Waals surface area contributed by atoms with Gasteiger partial charge in [-0.3, -0.25) is 34.0 Å². The van der Waals surface area contributed by atoms with Crippen LogP contribution in [0.2, 0.25) is 0 Å². The van der Waals surface area contributed by atoms with E-state index in [1.54, 1.807) is 57.3 Å². The molecule has 3 aromatic heterocycles. The van der Waals surface area contributed by atoms with E-state index in [1.165, 1.54) is 39.6 Å². The van der Waals surface area contributed by atoms with Gasteiger partial charge in [-0.05, 0) is 80.5 Å². The molecule has 2 saturated heterocycles. The maximum Gasteiger partial charge on any atom is 0.406 e. The first kappa shape index (κ1) is 48.8. The molecule has 2 fully saturated rings. The van der Waals surface area contributed by atoms with E-state index in [9.17, 15) is 37.1 Å². The van der Waals surface area contributed by atoms with Crippen LogP contribution in [0.1, 0.15) is 77.1 Å². The third-order valence-electron chi connectivity index (χ3n) is 12.7. The van der Waals surface area contributed by atoms with Crippen LogP contribution in [0.15, 0.2) is 53.6 Å². The molecule has 0 radical (unpaired) electrons. The number of alkyl halides is 3. The van der Waals surface area contributed by atoms with Gasteiger partial charge < -0.3 is 33.6 Å². The number of carbonyl (C=O) groups is 5. The summed E-state index contributed by atoms with van der Waals surface area (Å²) in [4.78, 5) is 76.2. The van der Waals surface area contributed by atoms with E-state index in [1.807, 2.05) is 13.8 Å². The summed E-state index contributed by atoms with van der Waals surface area (Å²) in [6, 6.07) is 4.86. The minimum atomic E-state index is -4.63. The minimum absolute atomic E-state index is 0.0111. The van der Waals surface area contributed by atoms with Crippen LogP contribution in [0.4, 0.5) is 13.2 Å². The maximum absolute atomic E-state index is 14.6. The van der Waals surface area contributed by atoms with Crippen LogP contribution in [-0.4, -0.2) is 129 Å². The molecule has 0 saturated carbocycles. The molecule has 4 aromatic rings. The highest BCUT2D eigenvalue weighted by Crippen LogP contribution is 2.43. The average Bonchev–Trinajstić information content (AvgIpc) is 4.05. The van der Waals surface area contributed by atoms with Crippen LogP contribution < -0.4 is 10.7 Å². The number of hydrogen-bond donors (Lipinski definition) is 2. The number of likely N-dealkylation sites (tertiary alicyclic amines) is 1. The van der Waals surface area contributed by atoms with Crippen molar-refractivity contribution in [1.29, 1.82) is 0 Å². The Labute approximate surface area is 386 Å². The number of nitrogens with zero attached hydrogens (tertiary/aromatic N) is 7. The number of hydrazine groups is 1. The molecule has 6 bridgehead atoms. The third kappa shape index (κ3) is 10.5. The largest absolute Gasteiger partial charge is 0.464 e. The van der Waals surface area contributed by atoms with Gasteiger partial charge in [0.2, 0.25) is 29.5 Å². The Morgan fingerprint density at radius 3 is 2.58 bits per heavy atom. The number of rotatable bonds is 10. The number of cyclic esters (lactones) is 1. The number of methoxy groups -OCH3 is 1. The monoisotopic (exact) mass is 933 g/mol. The molecule has 6 heterocycles. The molecule has 1 unspecified atom stereocenters. The van der Waals surface area contributed by atoms with Crippen molar-refractivity contribution in [2.24, 2.45) is 17.3 Å². The minimum Gasteiger partial charge on any atom is -0.464 e. The average molecular weight is 934 g/mol. The quantitative estimate of drug-likeness (QED) is 0.156. The summed E-state index contributed by atoms with van der Waals surface area (Å²) < 4.78 is 62.8. The number of fused-ring (bicyclic) bond motifs is 6. The van der Waals surface area contributed by atoms with E-state index < -0.39 is 72.0 Å². The smallest absolute Gasteiger partial charge is 0.406 e. The summed E-state index contributed by atoms with van der Waals surface area (Å²) in [6.07, 6.45) is -1.47. The molecule has 3 aliphatic rings. The highest BCUT2D eigenvalue weighted by molar-refractivity contribution is 5.96. The van der Waals surface area contributed by atoms with E-state index in [0.717, 1.165) is 0 Å². The van der Waals surface area contributed by atoms with Gasteiger partial charge in [0.05, 0.1) is 36.4 Å². The van der Waals surface area contributed by atoms with Crippen molar-refractivity contribution >= 4 is 40.5 Å². The molecule has 3 aliphatic heterocycles. The highest BCUT2D eigenvalue weighted by Gasteiger charge is 2.41. The Morgan fingerprint density at radius 2 is 1.88 bits per heavy atom. The lowest BCUT2D eigenvalue weighted by molar-refractivity contribution is -0.155. The molecule has 7 rings (SSSR count). The molecule has 17 nitrogen and oxygen atoms in total. The number of hydrogen-bond acceptors (Lipinski definition) is 12. The van der Waals surface area contributed by atoms with Crippen molar-refractivity contribution in [3.8, 4) is 22.7 Å². The fraction of sp³-hybridized carbons (Fsp3) is 0.532. The standard InChI is InChI=1S/C47H58F3N9O8/c1-9-37(60)57-19-16-29(23-57)43(62)56(7)39(26(2)3)41(61)52-34-21-36-53-54-42(67-36)28-14-15-35-31(20-28)32(22-46(5,6)25-66-45(64)33-13-11-18-59(55-33)44(34)63)40(58(35)24-47(48,49)50)30-12-10-17-51-38(30)27(4)65-8/h9-10,12,14-15,17,20,26-27,29,33-34,39,55H,1,11,13,16,18-19,21-25H2,2-8H3,(H,52,61)/t27-,29-,33-,34-,39?/m0/s1. The number of ether oxygens (including phenoxy) is 2. The van der Waals surface area contributed by atoms with Gasteiger partial charge >= 0.3 is 12.1 Å². The summed E-state index contributed by atoms with van der Waals surface area (Å²) in [7, 11) is 3.01. The molecule has 20 heteroatoms. The van der Waals surface area contributed by atoms with Crippen molar-refractivity contribution in [3.05, 3.63) is 66.3 Å². The number of pyridine rings is 1. The second-order valence-corrected chi connectivity index (χ2v) is 18.7. The number of amides is 4. The van der Waals surface area contributed by atoms with E-state index >= 15 is 0 Å². The first-order valence-corrected chi connectivity index (χ1v) is 22.5. The van der Waals surface area contributed by atoms with Crippen molar-refractivity contribution in [3.63, 3.8) is 0 Å². The summed E-state index contributed by atoms with van der Waals surface area (Å²) in [5.74, 6) is -3.50. The second kappa shape index (κ2) is 19.6. The topological polar surface area (TPSA) is 194 Å². The van der Waals surface area contributed by atoms with Gasteiger partial charge in [-0.1, -0.05) is 34.3 Å². The number of likely N-dealkylation sites (N-methyl/N-ethyl adjacent to an activating group) is 1. The first-order chi connectivity index (χ1) is 31.7. The predicted molar refractivity (Wildman–Crippen MR) is 238 cm³/mol. The number of aromatic nitrogens is 4. The van der Waals surface area contributed by atoms with Crippen LogP contribution in [-0.2, 0) is 52.8 Å². The van der Waals surface area contributed by atoms with Crippen molar-refractivity contribution in [2.45, 2.75) is 104 Å². The second-order valence-electron chi connectivity index (χ2n) is 18.7. The van der Waals surface area contributed by atoms with Crippen molar-refractivity contribution in [1.82, 2.24) is 45.3 Å². The molecule has 4 amide bonds. The Kier molecular flexibility index (Phi) is 14.3. The fourth-order valence-corrected chi connectivity index (χ4v) is 9.37. The lowest BCUT2D eigenvalue weighted by Gasteiger charge is -2.36. The third-order valence-corrected chi connectivity index (χ3v) is 12.7. The fourth-order valence-electron chi connectivity index (χ4n) is 9.37. The van der Waals surface area contributed by atoms with E-state index in [2.05, 4.69) is 32.5 Å². The number of benzene rings is 1. The van der Waals surface area contributed by atoms with Crippen molar-refractivity contribution in [2.75, 3.05) is 40.4 Å². The van der Waals surface area contributed by atoms with Gasteiger partial charge in [0.25, 0.3) is 5.91 Å². The maximum atomic E-state index is 14.6. The highest BCUT2D eigenvalue weighted by atomic mass is 19.4. The normalized spacial score (nSPS) is 21.1. The van der Waals surface area contributed by atoms with E-state index in [-0.39, 0.29) is 67.3 Å². The van der Waals surface area contributed by atoms with Gasteiger partial charge in [-0.2, -0.15) is 13.2 Å². The molecule has 67 heavy (non-hydrogen) atoms. The van der Waals surface area contributed by atoms with E-state index in [0.29, 0.717) is 53.6 Å². The van der Waals surface area contributed by atoms with Gasteiger partial charge in [-0.15, -0.1) is 10.2 Å².